The van der Waals surface area contributed by atoms with E-state index >= 15 is 0 Å². The largest absolute Gasteiger partial charge is 0.491 e. The molecule has 3 aliphatic rings. The molecule has 1 unspecified atom stereocenters. The average molecular weight is 518 g/mol. The SMILES string of the molecule is N#Cc1c(-c2ccc(NC(=O)OC[C@H]3CCCO3)cc2)n(C2CCC2)c2ccc(OCC3COCO3)cc12. The van der Waals surface area contributed by atoms with Gasteiger partial charge in [0.05, 0.1) is 29.5 Å². The highest BCUT2D eigenvalue weighted by Gasteiger charge is 2.28. The number of aromatic nitrogens is 1. The first-order valence-corrected chi connectivity index (χ1v) is 13.3. The predicted octanol–water partition coefficient (Wildman–Crippen LogP) is 5.38. The Kier molecular flexibility index (Phi) is 7.18. The molecule has 2 atom stereocenters. The Morgan fingerprint density at radius 1 is 1.05 bits per heavy atom. The van der Waals surface area contributed by atoms with Crippen LogP contribution in [-0.2, 0) is 18.9 Å². The minimum Gasteiger partial charge on any atom is -0.491 e. The van der Waals surface area contributed by atoms with Gasteiger partial charge < -0.3 is 28.3 Å². The molecule has 1 aromatic heterocycles. The molecule has 9 nitrogen and oxygen atoms in total. The Hall–Kier alpha value is -3.58. The first kappa shape index (κ1) is 24.7. The van der Waals surface area contributed by atoms with Crippen LogP contribution in [-0.4, -0.2) is 56.1 Å². The Morgan fingerprint density at radius 3 is 2.61 bits per heavy atom. The van der Waals surface area contributed by atoms with Gasteiger partial charge in [0.15, 0.2) is 0 Å². The van der Waals surface area contributed by atoms with Gasteiger partial charge in [-0.05, 0) is 68.0 Å². The molecule has 198 valence electrons. The fraction of sp³-hybridized carbons (Fsp3) is 0.448. The van der Waals surface area contributed by atoms with Crippen LogP contribution in [0, 0.1) is 11.3 Å². The van der Waals surface area contributed by atoms with Crippen LogP contribution in [0.4, 0.5) is 10.5 Å². The van der Waals surface area contributed by atoms with Gasteiger partial charge in [-0.1, -0.05) is 12.1 Å². The fourth-order valence-electron chi connectivity index (χ4n) is 5.27. The van der Waals surface area contributed by atoms with Gasteiger partial charge in [0, 0.05) is 23.7 Å². The molecule has 2 aliphatic heterocycles. The zero-order valence-corrected chi connectivity index (χ0v) is 21.2. The summed E-state index contributed by atoms with van der Waals surface area (Å²) in [5.41, 5.74) is 4.08. The van der Waals surface area contributed by atoms with Gasteiger partial charge in [-0.3, -0.25) is 5.32 Å². The monoisotopic (exact) mass is 517 g/mol. The fourth-order valence-corrected chi connectivity index (χ4v) is 5.27. The van der Waals surface area contributed by atoms with Crippen LogP contribution in [0.5, 0.6) is 5.75 Å². The van der Waals surface area contributed by atoms with Crippen molar-refractivity contribution >= 4 is 22.7 Å². The van der Waals surface area contributed by atoms with Crippen molar-refractivity contribution < 1.29 is 28.5 Å². The van der Waals surface area contributed by atoms with Crippen LogP contribution < -0.4 is 10.1 Å². The number of fused-ring (bicyclic) bond motifs is 1. The zero-order chi connectivity index (χ0) is 25.9. The van der Waals surface area contributed by atoms with Crippen LogP contribution in [0.15, 0.2) is 42.5 Å². The van der Waals surface area contributed by atoms with Crippen molar-refractivity contribution in [2.45, 2.75) is 50.4 Å². The summed E-state index contributed by atoms with van der Waals surface area (Å²) in [6.07, 6.45) is 4.64. The molecule has 3 heterocycles. The number of rotatable bonds is 8. The summed E-state index contributed by atoms with van der Waals surface area (Å²) in [4.78, 5) is 12.2. The van der Waals surface area contributed by atoms with E-state index in [2.05, 4.69) is 16.0 Å². The number of carbonyl (C=O) groups excluding carboxylic acids is 1. The van der Waals surface area contributed by atoms with Crippen LogP contribution in [0.3, 0.4) is 0 Å². The number of ether oxygens (including phenoxy) is 5. The van der Waals surface area contributed by atoms with Gasteiger partial charge in [0.25, 0.3) is 0 Å². The number of hydrogen-bond donors (Lipinski definition) is 1. The summed E-state index contributed by atoms with van der Waals surface area (Å²) in [5, 5.41) is 13.9. The van der Waals surface area contributed by atoms with E-state index in [1.165, 1.54) is 6.42 Å². The summed E-state index contributed by atoms with van der Waals surface area (Å²) < 4.78 is 29.8. The van der Waals surface area contributed by atoms with Crippen molar-refractivity contribution in [1.29, 1.82) is 5.26 Å². The molecule has 9 heteroatoms. The predicted molar refractivity (Wildman–Crippen MR) is 140 cm³/mol. The molecule has 1 amide bonds. The zero-order valence-electron chi connectivity index (χ0n) is 21.2. The van der Waals surface area contributed by atoms with Crippen LogP contribution in [0.2, 0.25) is 0 Å². The minimum absolute atomic E-state index is 0.0167. The Morgan fingerprint density at radius 2 is 1.92 bits per heavy atom. The normalized spacial score (nSPS) is 21.2. The number of nitrogens with zero attached hydrogens (tertiary/aromatic N) is 2. The molecule has 6 rings (SSSR count). The molecule has 0 radical (unpaired) electrons. The Labute approximate surface area is 221 Å². The molecule has 3 aromatic rings. The summed E-state index contributed by atoms with van der Waals surface area (Å²) in [5.74, 6) is 0.697. The molecule has 2 aromatic carbocycles. The molecule has 0 bridgehead atoms. The third-order valence-corrected chi connectivity index (χ3v) is 7.48. The van der Waals surface area contributed by atoms with Crippen LogP contribution in [0.25, 0.3) is 22.2 Å². The molecule has 2 saturated heterocycles. The lowest BCUT2D eigenvalue weighted by Crippen LogP contribution is -2.21. The number of anilines is 1. The summed E-state index contributed by atoms with van der Waals surface area (Å²) >= 11 is 0. The molecule has 38 heavy (non-hydrogen) atoms. The van der Waals surface area contributed by atoms with E-state index in [0.717, 1.165) is 54.5 Å². The maximum absolute atomic E-state index is 12.2. The molecular formula is C29H31N3O6. The lowest BCUT2D eigenvalue weighted by atomic mass is 9.92. The van der Waals surface area contributed by atoms with Crippen molar-refractivity contribution in [3.63, 3.8) is 0 Å². The topological polar surface area (TPSA) is 104 Å². The van der Waals surface area contributed by atoms with Crippen molar-refractivity contribution in [1.82, 2.24) is 4.57 Å². The van der Waals surface area contributed by atoms with E-state index in [1.807, 2.05) is 42.5 Å². The lowest BCUT2D eigenvalue weighted by Gasteiger charge is -2.30. The second-order valence-corrected chi connectivity index (χ2v) is 9.99. The molecule has 1 saturated carbocycles. The first-order chi connectivity index (χ1) is 18.7. The Bertz CT molecular complexity index is 1330. The average Bonchev–Trinajstić information content (AvgIpc) is 3.67. The van der Waals surface area contributed by atoms with Crippen molar-refractivity contribution in [2.75, 3.05) is 38.5 Å². The summed E-state index contributed by atoms with van der Waals surface area (Å²) in [7, 11) is 0. The maximum atomic E-state index is 12.2. The van der Waals surface area contributed by atoms with E-state index in [1.54, 1.807) is 0 Å². The van der Waals surface area contributed by atoms with Gasteiger partial charge >= 0.3 is 6.09 Å². The minimum atomic E-state index is -0.503. The van der Waals surface area contributed by atoms with Crippen molar-refractivity contribution in [3.8, 4) is 23.1 Å². The van der Waals surface area contributed by atoms with E-state index < -0.39 is 6.09 Å². The number of benzene rings is 2. The van der Waals surface area contributed by atoms with Gasteiger partial charge in [-0.15, -0.1) is 0 Å². The maximum Gasteiger partial charge on any atom is 0.411 e. The molecular weight excluding hydrogens is 486 g/mol. The quantitative estimate of drug-likeness (QED) is 0.428. The summed E-state index contributed by atoms with van der Waals surface area (Å²) in [6.45, 7) is 2.19. The van der Waals surface area contributed by atoms with Crippen LogP contribution in [0.1, 0.15) is 43.7 Å². The number of nitriles is 1. The molecule has 0 spiro atoms. The highest BCUT2D eigenvalue weighted by Crippen LogP contribution is 2.43. The Balaban J connectivity index is 1.25. The highest BCUT2D eigenvalue weighted by molar-refractivity contribution is 5.96. The number of amides is 1. The van der Waals surface area contributed by atoms with Crippen molar-refractivity contribution in [2.24, 2.45) is 0 Å². The highest BCUT2D eigenvalue weighted by atomic mass is 16.7. The number of hydrogen-bond acceptors (Lipinski definition) is 7. The number of nitrogens with one attached hydrogen (secondary N) is 1. The van der Waals surface area contributed by atoms with Gasteiger partial charge in [0.2, 0.25) is 0 Å². The first-order valence-electron chi connectivity index (χ1n) is 13.3. The molecule has 3 fully saturated rings. The van der Waals surface area contributed by atoms with Crippen LogP contribution >= 0.6 is 0 Å². The second kappa shape index (κ2) is 11.0. The standard InChI is InChI=1S/C29H31N3O6/c30-14-26-25-13-22(36-17-24-15-34-18-38-24)10-11-27(25)32(21-3-1-4-21)28(26)19-6-8-20(9-7-19)31-29(33)37-16-23-5-2-12-35-23/h6-11,13,21,23-24H,1-5,12,15-18H2,(H,31,33)/t23-,24?/m1/s1. The van der Waals surface area contributed by atoms with E-state index in [-0.39, 0.29) is 18.8 Å². The third-order valence-electron chi connectivity index (χ3n) is 7.48. The third kappa shape index (κ3) is 5.07. The van der Waals surface area contributed by atoms with Gasteiger partial charge in [-0.25, -0.2) is 4.79 Å². The van der Waals surface area contributed by atoms with E-state index in [9.17, 15) is 10.1 Å². The van der Waals surface area contributed by atoms with Gasteiger partial charge in [0.1, 0.15) is 37.9 Å². The molecule has 1 N–H and O–H groups in total. The van der Waals surface area contributed by atoms with E-state index in [0.29, 0.717) is 43.0 Å². The molecule has 1 aliphatic carbocycles. The van der Waals surface area contributed by atoms with Gasteiger partial charge in [-0.2, -0.15) is 5.26 Å². The summed E-state index contributed by atoms with van der Waals surface area (Å²) in [6, 6.07) is 16.3. The smallest absolute Gasteiger partial charge is 0.411 e. The van der Waals surface area contributed by atoms with Crippen molar-refractivity contribution in [3.05, 3.63) is 48.0 Å². The number of carbonyl (C=O) groups is 1. The lowest BCUT2D eigenvalue weighted by molar-refractivity contribution is 0.0320. The second-order valence-electron chi connectivity index (χ2n) is 9.99. The van der Waals surface area contributed by atoms with E-state index in [4.69, 9.17) is 23.7 Å².